The van der Waals surface area contributed by atoms with Gasteiger partial charge in [-0.3, -0.25) is 4.79 Å². The number of carbonyl (C=O) groups excluding carboxylic acids is 2. The number of rotatable bonds is 5. The second-order valence-corrected chi connectivity index (χ2v) is 5.15. The lowest BCUT2D eigenvalue weighted by Gasteiger charge is -2.12. The minimum atomic E-state index is -0.640. The van der Waals surface area contributed by atoms with Crippen LogP contribution in [-0.4, -0.2) is 29.6 Å². The lowest BCUT2D eigenvalue weighted by Crippen LogP contribution is -2.39. The standard InChI is InChI=1S/C15H17ClN2O3/c1-10(15(20)21-2)17-14(19)7-9-18-8-6-11-12(16)4-3-5-13(11)18/h3-6,8,10H,7,9H2,1-2H3,(H,17,19)/t10-/m0/s1. The summed E-state index contributed by atoms with van der Waals surface area (Å²) in [4.78, 5) is 23.0. The van der Waals surface area contributed by atoms with Crippen LogP contribution < -0.4 is 5.32 Å². The number of hydrogen-bond acceptors (Lipinski definition) is 3. The van der Waals surface area contributed by atoms with Crippen LogP contribution in [0.3, 0.4) is 0 Å². The van der Waals surface area contributed by atoms with E-state index < -0.39 is 12.0 Å². The number of esters is 1. The minimum Gasteiger partial charge on any atom is -0.467 e. The van der Waals surface area contributed by atoms with Crippen LogP contribution in [0.1, 0.15) is 13.3 Å². The summed E-state index contributed by atoms with van der Waals surface area (Å²) in [7, 11) is 1.29. The molecule has 0 unspecified atom stereocenters. The quantitative estimate of drug-likeness (QED) is 0.863. The first-order chi connectivity index (χ1) is 10.0. The summed E-state index contributed by atoms with van der Waals surface area (Å²) < 4.78 is 6.52. The average molecular weight is 309 g/mol. The molecule has 0 bridgehead atoms. The fraction of sp³-hybridized carbons (Fsp3) is 0.333. The molecule has 0 fully saturated rings. The van der Waals surface area contributed by atoms with Gasteiger partial charge in [0.2, 0.25) is 5.91 Å². The van der Waals surface area contributed by atoms with Crippen molar-refractivity contribution in [2.45, 2.75) is 25.9 Å². The van der Waals surface area contributed by atoms with E-state index in [0.717, 1.165) is 10.9 Å². The van der Waals surface area contributed by atoms with Gasteiger partial charge in [-0.1, -0.05) is 17.7 Å². The lowest BCUT2D eigenvalue weighted by atomic mass is 10.2. The van der Waals surface area contributed by atoms with Gasteiger partial charge >= 0.3 is 5.97 Å². The molecule has 0 aliphatic heterocycles. The Balaban J connectivity index is 1.97. The summed E-state index contributed by atoms with van der Waals surface area (Å²) in [5, 5.41) is 4.25. The summed E-state index contributed by atoms with van der Waals surface area (Å²) in [5.74, 6) is -0.654. The number of nitrogens with one attached hydrogen (secondary N) is 1. The van der Waals surface area contributed by atoms with Crippen LogP contribution in [0.5, 0.6) is 0 Å². The molecule has 0 aliphatic carbocycles. The zero-order chi connectivity index (χ0) is 15.4. The number of ether oxygens (including phenoxy) is 1. The smallest absolute Gasteiger partial charge is 0.328 e. The van der Waals surface area contributed by atoms with Crippen molar-refractivity contribution in [1.29, 1.82) is 0 Å². The number of aryl methyl sites for hydroxylation is 1. The summed E-state index contributed by atoms with van der Waals surface area (Å²) in [6.07, 6.45) is 2.17. The van der Waals surface area contributed by atoms with Gasteiger partial charge in [0.05, 0.1) is 7.11 Å². The van der Waals surface area contributed by atoms with Crippen LogP contribution in [0.25, 0.3) is 10.9 Å². The molecule has 1 amide bonds. The van der Waals surface area contributed by atoms with E-state index in [1.165, 1.54) is 7.11 Å². The van der Waals surface area contributed by atoms with Crippen molar-refractivity contribution in [2.24, 2.45) is 0 Å². The number of amides is 1. The first-order valence-corrected chi connectivity index (χ1v) is 7.01. The van der Waals surface area contributed by atoms with Crippen molar-refractivity contribution in [3.05, 3.63) is 35.5 Å². The number of benzene rings is 1. The van der Waals surface area contributed by atoms with Crippen molar-refractivity contribution in [3.63, 3.8) is 0 Å². The fourth-order valence-corrected chi connectivity index (χ4v) is 2.38. The number of halogens is 1. The van der Waals surface area contributed by atoms with Crippen LogP contribution in [-0.2, 0) is 20.9 Å². The van der Waals surface area contributed by atoms with Crippen molar-refractivity contribution >= 4 is 34.4 Å². The number of aromatic nitrogens is 1. The molecule has 0 saturated heterocycles. The summed E-state index contributed by atoms with van der Waals surface area (Å²) >= 11 is 6.11. The van der Waals surface area contributed by atoms with Gasteiger partial charge < -0.3 is 14.6 Å². The molecular weight excluding hydrogens is 292 g/mol. The molecule has 21 heavy (non-hydrogen) atoms. The Morgan fingerprint density at radius 1 is 1.38 bits per heavy atom. The normalized spacial score (nSPS) is 12.1. The molecular formula is C15H17ClN2O3. The highest BCUT2D eigenvalue weighted by Crippen LogP contribution is 2.24. The monoisotopic (exact) mass is 308 g/mol. The Morgan fingerprint density at radius 3 is 2.86 bits per heavy atom. The number of methoxy groups -OCH3 is 1. The first kappa shape index (κ1) is 15.4. The Morgan fingerprint density at radius 2 is 2.14 bits per heavy atom. The minimum absolute atomic E-state index is 0.197. The highest BCUT2D eigenvalue weighted by atomic mass is 35.5. The number of nitrogens with zero attached hydrogens (tertiary/aromatic N) is 1. The first-order valence-electron chi connectivity index (χ1n) is 6.63. The maximum atomic E-state index is 11.8. The average Bonchev–Trinajstić information content (AvgIpc) is 2.88. The molecule has 1 aromatic heterocycles. The molecule has 0 saturated carbocycles. The molecule has 0 spiro atoms. The van der Waals surface area contributed by atoms with E-state index in [1.807, 2.05) is 35.0 Å². The molecule has 6 heteroatoms. The third-order valence-electron chi connectivity index (χ3n) is 3.27. The third kappa shape index (κ3) is 3.55. The molecule has 5 nitrogen and oxygen atoms in total. The molecule has 1 aromatic carbocycles. The molecule has 1 atom stereocenters. The fourth-order valence-electron chi connectivity index (χ4n) is 2.15. The molecule has 2 rings (SSSR count). The number of fused-ring (bicyclic) bond motifs is 1. The molecule has 0 radical (unpaired) electrons. The Hall–Kier alpha value is -2.01. The molecule has 112 valence electrons. The topological polar surface area (TPSA) is 60.3 Å². The van der Waals surface area contributed by atoms with Gasteiger partial charge in [-0.25, -0.2) is 4.79 Å². The SMILES string of the molecule is COC(=O)[C@H](C)NC(=O)CCn1ccc2c(Cl)cccc21. The van der Waals surface area contributed by atoms with E-state index in [0.29, 0.717) is 11.6 Å². The summed E-state index contributed by atoms with van der Waals surface area (Å²) in [5.41, 5.74) is 0.983. The van der Waals surface area contributed by atoms with Gasteiger partial charge in [-0.05, 0) is 25.1 Å². The van der Waals surface area contributed by atoms with Crippen molar-refractivity contribution in [3.8, 4) is 0 Å². The molecule has 0 aliphatic rings. The van der Waals surface area contributed by atoms with E-state index in [-0.39, 0.29) is 12.3 Å². The second-order valence-electron chi connectivity index (χ2n) is 4.74. The van der Waals surface area contributed by atoms with Crippen LogP contribution in [0, 0.1) is 0 Å². The predicted molar refractivity (Wildman–Crippen MR) is 81.2 cm³/mol. The van der Waals surface area contributed by atoms with Crippen LogP contribution in [0.4, 0.5) is 0 Å². The lowest BCUT2D eigenvalue weighted by molar-refractivity contribution is -0.144. The maximum absolute atomic E-state index is 11.8. The van der Waals surface area contributed by atoms with Crippen molar-refractivity contribution in [1.82, 2.24) is 9.88 Å². The second kappa shape index (κ2) is 6.63. The van der Waals surface area contributed by atoms with Crippen LogP contribution in [0.2, 0.25) is 5.02 Å². The summed E-state index contributed by atoms with van der Waals surface area (Å²) in [6, 6.07) is 6.95. The maximum Gasteiger partial charge on any atom is 0.328 e. The van der Waals surface area contributed by atoms with Gasteiger partial charge in [0, 0.05) is 35.1 Å². The summed E-state index contributed by atoms with van der Waals surface area (Å²) in [6.45, 7) is 2.11. The van der Waals surface area contributed by atoms with Gasteiger partial charge in [0.1, 0.15) is 6.04 Å². The van der Waals surface area contributed by atoms with Gasteiger partial charge in [0.15, 0.2) is 0 Å². The molecule has 2 aromatic rings. The highest BCUT2D eigenvalue weighted by molar-refractivity contribution is 6.35. The molecule has 1 heterocycles. The Labute approximate surface area is 127 Å². The van der Waals surface area contributed by atoms with E-state index in [1.54, 1.807) is 6.92 Å². The zero-order valence-corrected chi connectivity index (χ0v) is 12.7. The van der Waals surface area contributed by atoms with Crippen molar-refractivity contribution in [2.75, 3.05) is 7.11 Å². The van der Waals surface area contributed by atoms with Crippen LogP contribution >= 0.6 is 11.6 Å². The Kier molecular flexibility index (Phi) is 4.85. The zero-order valence-electron chi connectivity index (χ0n) is 11.9. The van der Waals surface area contributed by atoms with Crippen molar-refractivity contribution < 1.29 is 14.3 Å². The van der Waals surface area contributed by atoms with E-state index >= 15 is 0 Å². The van der Waals surface area contributed by atoms with Gasteiger partial charge in [-0.2, -0.15) is 0 Å². The van der Waals surface area contributed by atoms with Gasteiger partial charge in [-0.15, -0.1) is 0 Å². The van der Waals surface area contributed by atoms with E-state index in [4.69, 9.17) is 11.6 Å². The van der Waals surface area contributed by atoms with Crippen LogP contribution in [0.15, 0.2) is 30.5 Å². The Bertz CT molecular complexity index is 666. The third-order valence-corrected chi connectivity index (χ3v) is 3.60. The number of hydrogen-bond donors (Lipinski definition) is 1. The predicted octanol–water partition coefficient (Wildman–Crippen LogP) is 2.36. The largest absolute Gasteiger partial charge is 0.467 e. The van der Waals surface area contributed by atoms with Gasteiger partial charge in [0.25, 0.3) is 0 Å². The number of carbonyl (C=O) groups is 2. The molecule has 1 N–H and O–H groups in total. The van der Waals surface area contributed by atoms with E-state index in [9.17, 15) is 9.59 Å². The van der Waals surface area contributed by atoms with E-state index in [2.05, 4.69) is 10.1 Å². The highest BCUT2D eigenvalue weighted by Gasteiger charge is 2.15.